The summed E-state index contributed by atoms with van der Waals surface area (Å²) in [6.07, 6.45) is 10.4. The fourth-order valence-electron chi connectivity index (χ4n) is 2.13. The minimum absolute atomic E-state index is 0.269. The third-order valence-electron chi connectivity index (χ3n) is 2.76. The smallest absolute Gasteiger partial charge is 0.159 e. The highest BCUT2D eigenvalue weighted by Crippen LogP contribution is 2.25. The van der Waals surface area contributed by atoms with E-state index >= 15 is 0 Å². The van der Waals surface area contributed by atoms with Crippen molar-refractivity contribution in [2.24, 2.45) is 0 Å². The van der Waals surface area contributed by atoms with Crippen molar-refractivity contribution in [2.75, 3.05) is 14.1 Å². The zero-order valence-corrected chi connectivity index (χ0v) is 10.8. The molecular weight excluding hydrogens is 198 g/mol. The number of carbonyl (C=O) groups is 1. The molecule has 2 nitrogen and oxygen atoms in total. The third-order valence-corrected chi connectivity index (χ3v) is 2.76. The summed E-state index contributed by atoms with van der Waals surface area (Å²) in [6, 6.07) is 0. The molecule has 0 radical (unpaired) electrons. The van der Waals surface area contributed by atoms with E-state index in [1.807, 2.05) is 25.1 Å². The van der Waals surface area contributed by atoms with Gasteiger partial charge in [0.2, 0.25) is 0 Å². The molecule has 0 saturated carbocycles. The number of rotatable bonds is 5. The van der Waals surface area contributed by atoms with Crippen LogP contribution in [0.5, 0.6) is 0 Å². The lowest BCUT2D eigenvalue weighted by Gasteiger charge is -2.17. The molecule has 1 rings (SSSR count). The molecule has 0 bridgehead atoms. The van der Waals surface area contributed by atoms with Crippen LogP contribution in [0.15, 0.2) is 23.4 Å². The Morgan fingerprint density at radius 2 is 2.06 bits per heavy atom. The highest BCUT2D eigenvalue weighted by Gasteiger charge is 2.14. The zero-order valence-electron chi connectivity index (χ0n) is 10.8. The van der Waals surface area contributed by atoms with Gasteiger partial charge in [-0.2, -0.15) is 0 Å². The number of carbonyl (C=O) groups excluding carboxylic acids is 1. The molecule has 1 aliphatic carbocycles. The van der Waals surface area contributed by atoms with Crippen LogP contribution in [0.3, 0.4) is 0 Å². The van der Waals surface area contributed by atoms with Gasteiger partial charge in [0.15, 0.2) is 5.78 Å². The number of ketones is 1. The van der Waals surface area contributed by atoms with Gasteiger partial charge in [-0.15, -0.1) is 0 Å². The van der Waals surface area contributed by atoms with E-state index < -0.39 is 0 Å². The molecule has 2 heteroatoms. The van der Waals surface area contributed by atoms with E-state index in [9.17, 15) is 4.79 Å². The van der Waals surface area contributed by atoms with Crippen LogP contribution in [0.2, 0.25) is 0 Å². The largest absolute Gasteiger partial charge is 0.384 e. The number of hydrogen-bond acceptors (Lipinski definition) is 2. The van der Waals surface area contributed by atoms with Crippen molar-refractivity contribution in [1.29, 1.82) is 0 Å². The fraction of sp³-hybridized carbons (Fsp3) is 0.643. The standard InChI is InChI=1S/C14H23NO/c1-4-5-6-7-12-8-13(11-15(2)3)10-14(16)9-12/h9,11H,4-8,10H2,1-3H3. The highest BCUT2D eigenvalue weighted by molar-refractivity contribution is 5.93. The van der Waals surface area contributed by atoms with Crippen molar-refractivity contribution >= 4 is 5.78 Å². The summed E-state index contributed by atoms with van der Waals surface area (Å²) in [5, 5.41) is 0. The Kier molecular flexibility index (Phi) is 5.30. The molecule has 16 heavy (non-hydrogen) atoms. The Morgan fingerprint density at radius 3 is 2.69 bits per heavy atom. The van der Waals surface area contributed by atoms with Crippen LogP contribution in [-0.2, 0) is 4.79 Å². The molecule has 0 amide bonds. The van der Waals surface area contributed by atoms with Gasteiger partial charge in [-0.1, -0.05) is 25.3 Å². The summed E-state index contributed by atoms with van der Waals surface area (Å²) >= 11 is 0. The molecule has 0 aromatic carbocycles. The molecule has 0 spiro atoms. The van der Waals surface area contributed by atoms with Gasteiger partial charge in [0.05, 0.1) is 0 Å². The van der Waals surface area contributed by atoms with Crippen LogP contribution in [-0.4, -0.2) is 24.8 Å². The molecule has 0 unspecified atom stereocenters. The molecule has 90 valence electrons. The molecule has 0 aliphatic heterocycles. The van der Waals surface area contributed by atoms with Crippen LogP contribution in [0.4, 0.5) is 0 Å². The van der Waals surface area contributed by atoms with Gasteiger partial charge >= 0.3 is 0 Å². The summed E-state index contributed by atoms with van der Waals surface area (Å²) in [4.78, 5) is 13.6. The van der Waals surface area contributed by atoms with Crippen LogP contribution in [0, 0.1) is 0 Å². The predicted molar refractivity (Wildman–Crippen MR) is 68.2 cm³/mol. The van der Waals surface area contributed by atoms with E-state index in [0.29, 0.717) is 6.42 Å². The monoisotopic (exact) mass is 221 g/mol. The average molecular weight is 221 g/mol. The van der Waals surface area contributed by atoms with Gasteiger partial charge in [0.1, 0.15) is 0 Å². The molecule has 0 aromatic heterocycles. The van der Waals surface area contributed by atoms with Crippen LogP contribution in [0.1, 0.15) is 45.4 Å². The maximum atomic E-state index is 11.6. The molecule has 0 N–H and O–H groups in total. The minimum atomic E-state index is 0.269. The Bertz CT molecular complexity index is 300. The summed E-state index contributed by atoms with van der Waals surface area (Å²) in [5.74, 6) is 0.269. The molecule has 0 aromatic rings. The number of allylic oxidation sites excluding steroid dienone is 3. The first kappa shape index (κ1) is 13.0. The second kappa shape index (κ2) is 6.51. The Labute approximate surface area is 99.0 Å². The summed E-state index contributed by atoms with van der Waals surface area (Å²) in [5.41, 5.74) is 2.57. The summed E-state index contributed by atoms with van der Waals surface area (Å²) in [7, 11) is 4.01. The lowest BCUT2D eigenvalue weighted by molar-refractivity contribution is -0.114. The second-order valence-corrected chi connectivity index (χ2v) is 4.83. The number of nitrogens with zero attached hydrogens (tertiary/aromatic N) is 1. The highest BCUT2D eigenvalue weighted by atomic mass is 16.1. The number of hydrogen-bond donors (Lipinski definition) is 0. The first-order chi connectivity index (χ1) is 7.61. The van der Waals surface area contributed by atoms with Crippen LogP contribution >= 0.6 is 0 Å². The quantitative estimate of drug-likeness (QED) is 0.664. The van der Waals surface area contributed by atoms with Gasteiger partial charge in [-0.25, -0.2) is 0 Å². The van der Waals surface area contributed by atoms with Gasteiger partial charge in [-0.3, -0.25) is 4.79 Å². The Morgan fingerprint density at radius 1 is 1.31 bits per heavy atom. The van der Waals surface area contributed by atoms with Crippen LogP contribution < -0.4 is 0 Å². The summed E-state index contributed by atoms with van der Waals surface area (Å²) in [6.45, 7) is 2.21. The lowest BCUT2D eigenvalue weighted by Crippen LogP contribution is -2.10. The van der Waals surface area contributed by atoms with E-state index in [-0.39, 0.29) is 5.78 Å². The SMILES string of the molecule is CCCCCC1=CC(=O)CC(=CN(C)C)C1. The van der Waals surface area contributed by atoms with E-state index in [4.69, 9.17) is 0 Å². The Hall–Kier alpha value is -1.05. The Balaban J connectivity index is 2.55. The van der Waals surface area contributed by atoms with E-state index in [2.05, 4.69) is 13.1 Å². The van der Waals surface area contributed by atoms with E-state index in [1.54, 1.807) is 0 Å². The topological polar surface area (TPSA) is 20.3 Å². The fourth-order valence-corrected chi connectivity index (χ4v) is 2.13. The van der Waals surface area contributed by atoms with Gasteiger partial charge < -0.3 is 4.90 Å². The van der Waals surface area contributed by atoms with Gasteiger partial charge in [-0.05, 0) is 37.1 Å². The normalized spacial score (nSPS) is 18.8. The lowest BCUT2D eigenvalue weighted by atomic mass is 9.91. The van der Waals surface area contributed by atoms with Crippen molar-refractivity contribution in [3.63, 3.8) is 0 Å². The van der Waals surface area contributed by atoms with Crippen molar-refractivity contribution in [3.8, 4) is 0 Å². The van der Waals surface area contributed by atoms with E-state index in [1.165, 1.54) is 30.4 Å². The van der Waals surface area contributed by atoms with Crippen molar-refractivity contribution in [2.45, 2.75) is 45.4 Å². The average Bonchev–Trinajstić information content (AvgIpc) is 2.16. The van der Waals surface area contributed by atoms with Gasteiger partial charge in [0.25, 0.3) is 0 Å². The maximum Gasteiger partial charge on any atom is 0.159 e. The van der Waals surface area contributed by atoms with Gasteiger partial charge in [0, 0.05) is 20.5 Å². The molecule has 0 fully saturated rings. The summed E-state index contributed by atoms with van der Waals surface area (Å²) < 4.78 is 0. The number of unbranched alkanes of at least 4 members (excludes halogenated alkanes) is 2. The van der Waals surface area contributed by atoms with Crippen LogP contribution in [0.25, 0.3) is 0 Å². The molecular formula is C14H23NO. The molecule has 0 atom stereocenters. The van der Waals surface area contributed by atoms with Crippen molar-refractivity contribution in [3.05, 3.63) is 23.4 Å². The predicted octanol–water partition coefficient (Wildman–Crippen LogP) is 3.30. The minimum Gasteiger partial charge on any atom is -0.384 e. The third kappa shape index (κ3) is 4.65. The van der Waals surface area contributed by atoms with Crippen molar-refractivity contribution < 1.29 is 4.79 Å². The molecule has 0 heterocycles. The zero-order chi connectivity index (χ0) is 12.0. The van der Waals surface area contributed by atoms with Crippen molar-refractivity contribution in [1.82, 2.24) is 4.90 Å². The second-order valence-electron chi connectivity index (χ2n) is 4.83. The first-order valence-electron chi connectivity index (χ1n) is 6.20. The molecule has 0 saturated heterocycles. The maximum absolute atomic E-state index is 11.6. The van der Waals surface area contributed by atoms with E-state index in [0.717, 1.165) is 12.8 Å². The first-order valence-corrected chi connectivity index (χ1v) is 6.20. The molecule has 1 aliphatic rings.